The fourth-order valence-corrected chi connectivity index (χ4v) is 4.05. The van der Waals surface area contributed by atoms with Crippen molar-refractivity contribution in [2.24, 2.45) is 0 Å². The molecule has 6 nitrogen and oxygen atoms in total. The van der Waals surface area contributed by atoms with Gasteiger partial charge in [0.1, 0.15) is 17.6 Å². The maximum absolute atomic E-state index is 12.4. The van der Waals surface area contributed by atoms with Crippen LogP contribution in [0.3, 0.4) is 0 Å². The van der Waals surface area contributed by atoms with Crippen LogP contribution in [-0.2, 0) is 15.9 Å². The molecule has 192 valence electrons. The second-order valence-corrected chi connectivity index (χ2v) is 8.56. The van der Waals surface area contributed by atoms with Crippen molar-refractivity contribution in [1.29, 1.82) is 0 Å². The monoisotopic (exact) mass is 508 g/mol. The largest absolute Gasteiger partial charge is 0.465 e. The Kier molecular flexibility index (Phi) is 8.69. The standard InChI is InChI=1S/C32H28O6/c1-36-31(34)28-18-13-23(21-29(28)32(35)37-2)20-25(19-22-9-5-3-6-10-22)30(33)24-14-16-27(17-15-24)38-26-11-7-4-8-12-26/h3-18,20-21,30,33H,19H2,1-2H3. The molecule has 4 rings (SSSR count). The number of aliphatic hydroxyl groups is 1. The summed E-state index contributed by atoms with van der Waals surface area (Å²) in [4.78, 5) is 24.6. The van der Waals surface area contributed by atoms with Crippen LogP contribution in [-0.4, -0.2) is 31.3 Å². The van der Waals surface area contributed by atoms with Crippen LogP contribution in [0.15, 0.2) is 109 Å². The zero-order valence-electron chi connectivity index (χ0n) is 21.2. The minimum absolute atomic E-state index is 0.0871. The molecule has 4 aromatic carbocycles. The highest BCUT2D eigenvalue weighted by molar-refractivity contribution is 6.03. The molecule has 38 heavy (non-hydrogen) atoms. The molecule has 0 amide bonds. The number of hydrogen-bond acceptors (Lipinski definition) is 6. The Balaban J connectivity index is 1.68. The van der Waals surface area contributed by atoms with Crippen LogP contribution in [0.1, 0.15) is 43.5 Å². The summed E-state index contributed by atoms with van der Waals surface area (Å²) >= 11 is 0. The summed E-state index contributed by atoms with van der Waals surface area (Å²) in [6.07, 6.45) is 1.36. The fourth-order valence-electron chi connectivity index (χ4n) is 4.05. The van der Waals surface area contributed by atoms with E-state index in [1.165, 1.54) is 20.3 Å². The second-order valence-electron chi connectivity index (χ2n) is 8.56. The van der Waals surface area contributed by atoms with E-state index in [4.69, 9.17) is 14.2 Å². The van der Waals surface area contributed by atoms with Gasteiger partial charge in [-0.2, -0.15) is 0 Å². The van der Waals surface area contributed by atoms with Gasteiger partial charge in [0.05, 0.1) is 25.3 Å². The van der Waals surface area contributed by atoms with Gasteiger partial charge in [-0.25, -0.2) is 9.59 Å². The first-order valence-corrected chi connectivity index (χ1v) is 12.0. The second kappa shape index (κ2) is 12.5. The third-order valence-electron chi connectivity index (χ3n) is 5.98. The summed E-state index contributed by atoms with van der Waals surface area (Å²) in [5.41, 5.74) is 3.23. The molecule has 0 bridgehead atoms. The third-order valence-corrected chi connectivity index (χ3v) is 5.98. The van der Waals surface area contributed by atoms with Gasteiger partial charge in [-0.15, -0.1) is 0 Å². The maximum atomic E-state index is 12.4. The van der Waals surface area contributed by atoms with Crippen LogP contribution in [0.25, 0.3) is 6.08 Å². The number of carbonyl (C=O) groups excluding carboxylic acids is 2. The molecule has 0 heterocycles. The summed E-state index contributed by atoms with van der Waals surface area (Å²) in [6, 6.07) is 31.3. The van der Waals surface area contributed by atoms with Gasteiger partial charge < -0.3 is 19.3 Å². The van der Waals surface area contributed by atoms with Gasteiger partial charge in [0, 0.05) is 0 Å². The van der Waals surface area contributed by atoms with Crippen LogP contribution in [0.2, 0.25) is 0 Å². The van der Waals surface area contributed by atoms with E-state index in [9.17, 15) is 14.7 Å². The summed E-state index contributed by atoms with van der Waals surface area (Å²) in [6.45, 7) is 0. The van der Waals surface area contributed by atoms with Crippen LogP contribution < -0.4 is 4.74 Å². The molecule has 4 aromatic rings. The quantitative estimate of drug-likeness (QED) is 0.263. The van der Waals surface area contributed by atoms with Gasteiger partial charge in [0.15, 0.2) is 0 Å². The van der Waals surface area contributed by atoms with Crippen molar-refractivity contribution >= 4 is 18.0 Å². The summed E-state index contributed by atoms with van der Waals surface area (Å²) in [5.74, 6) is 0.0900. The summed E-state index contributed by atoms with van der Waals surface area (Å²) in [7, 11) is 2.50. The Morgan fingerprint density at radius 3 is 1.95 bits per heavy atom. The van der Waals surface area contributed by atoms with Crippen LogP contribution in [0, 0.1) is 0 Å². The third kappa shape index (κ3) is 6.55. The molecule has 0 aliphatic heterocycles. The van der Waals surface area contributed by atoms with E-state index in [-0.39, 0.29) is 11.1 Å². The van der Waals surface area contributed by atoms with Gasteiger partial charge in [-0.3, -0.25) is 0 Å². The first-order chi connectivity index (χ1) is 18.5. The van der Waals surface area contributed by atoms with E-state index in [2.05, 4.69) is 0 Å². The normalized spacial score (nSPS) is 11.9. The van der Waals surface area contributed by atoms with E-state index >= 15 is 0 Å². The van der Waals surface area contributed by atoms with Crippen LogP contribution in [0.5, 0.6) is 11.5 Å². The van der Waals surface area contributed by atoms with Gasteiger partial charge in [-0.05, 0) is 65.1 Å². The molecular weight excluding hydrogens is 480 g/mol. The lowest BCUT2D eigenvalue weighted by Gasteiger charge is -2.17. The number of benzene rings is 4. The summed E-state index contributed by atoms with van der Waals surface area (Å²) < 4.78 is 15.5. The van der Waals surface area contributed by atoms with Crippen LogP contribution >= 0.6 is 0 Å². The van der Waals surface area contributed by atoms with Crippen molar-refractivity contribution < 1.29 is 28.9 Å². The number of aliphatic hydroxyl groups excluding tert-OH is 1. The van der Waals surface area contributed by atoms with Gasteiger partial charge in [0.2, 0.25) is 0 Å². The average Bonchev–Trinajstić information content (AvgIpc) is 2.97. The van der Waals surface area contributed by atoms with Gasteiger partial charge in [0.25, 0.3) is 0 Å². The van der Waals surface area contributed by atoms with E-state index in [1.807, 2.05) is 91.0 Å². The molecule has 0 aliphatic rings. The number of hydrogen-bond donors (Lipinski definition) is 1. The molecule has 1 N–H and O–H groups in total. The molecule has 0 spiro atoms. The Morgan fingerprint density at radius 2 is 1.32 bits per heavy atom. The molecule has 0 saturated heterocycles. The van der Waals surface area contributed by atoms with Crippen molar-refractivity contribution in [3.05, 3.63) is 137 Å². The van der Waals surface area contributed by atoms with Crippen molar-refractivity contribution in [3.8, 4) is 11.5 Å². The van der Waals surface area contributed by atoms with Crippen LogP contribution in [0.4, 0.5) is 0 Å². The van der Waals surface area contributed by atoms with E-state index in [1.54, 1.807) is 12.1 Å². The predicted octanol–water partition coefficient (Wildman–Crippen LogP) is 6.41. The molecule has 0 fully saturated rings. The number of rotatable bonds is 9. The Labute approximate surface area is 221 Å². The first kappa shape index (κ1) is 26.4. The smallest absolute Gasteiger partial charge is 0.338 e. The number of esters is 2. The number of ether oxygens (including phenoxy) is 3. The number of para-hydroxylation sites is 1. The predicted molar refractivity (Wildman–Crippen MR) is 145 cm³/mol. The van der Waals surface area contributed by atoms with Gasteiger partial charge >= 0.3 is 11.9 Å². The highest BCUT2D eigenvalue weighted by atomic mass is 16.5. The van der Waals surface area contributed by atoms with Crippen molar-refractivity contribution in [2.45, 2.75) is 12.5 Å². The fraction of sp³-hybridized carbons (Fsp3) is 0.125. The molecule has 0 saturated carbocycles. The molecule has 0 aliphatic carbocycles. The Bertz CT molecular complexity index is 1410. The maximum Gasteiger partial charge on any atom is 0.338 e. The van der Waals surface area contributed by atoms with E-state index < -0.39 is 18.0 Å². The van der Waals surface area contributed by atoms with Crippen molar-refractivity contribution in [3.63, 3.8) is 0 Å². The lowest BCUT2D eigenvalue weighted by atomic mass is 9.93. The topological polar surface area (TPSA) is 82.1 Å². The Hall–Kier alpha value is -4.68. The lowest BCUT2D eigenvalue weighted by molar-refractivity contribution is 0.0555. The first-order valence-electron chi connectivity index (χ1n) is 12.0. The molecule has 1 atom stereocenters. The number of methoxy groups -OCH3 is 2. The SMILES string of the molecule is COC(=O)c1ccc(C=C(Cc2ccccc2)C(O)c2ccc(Oc3ccccc3)cc2)cc1C(=O)OC. The molecular formula is C32H28O6. The zero-order chi connectivity index (χ0) is 26.9. The highest BCUT2D eigenvalue weighted by Crippen LogP contribution is 2.30. The molecule has 0 aromatic heterocycles. The minimum Gasteiger partial charge on any atom is -0.465 e. The highest BCUT2D eigenvalue weighted by Gasteiger charge is 2.20. The van der Waals surface area contributed by atoms with E-state index in [0.29, 0.717) is 28.9 Å². The zero-order valence-corrected chi connectivity index (χ0v) is 21.2. The molecule has 0 radical (unpaired) electrons. The molecule has 1 unspecified atom stereocenters. The Morgan fingerprint density at radius 1 is 0.737 bits per heavy atom. The lowest BCUT2D eigenvalue weighted by Crippen LogP contribution is -2.12. The van der Waals surface area contributed by atoms with Crippen molar-refractivity contribution in [2.75, 3.05) is 14.2 Å². The number of carbonyl (C=O) groups is 2. The van der Waals surface area contributed by atoms with Crippen molar-refractivity contribution in [1.82, 2.24) is 0 Å². The minimum atomic E-state index is -0.928. The molecule has 6 heteroatoms. The summed E-state index contributed by atoms with van der Waals surface area (Å²) in [5, 5.41) is 11.4. The average molecular weight is 509 g/mol. The van der Waals surface area contributed by atoms with Gasteiger partial charge in [-0.1, -0.05) is 72.8 Å². The van der Waals surface area contributed by atoms with E-state index in [0.717, 1.165) is 11.3 Å².